The molecule has 34 heavy (non-hydrogen) atoms. The number of fused-ring (bicyclic) bond motifs is 1. The number of aromatic nitrogens is 3. The lowest BCUT2D eigenvalue weighted by Gasteiger charge is -2.37. The molecule has 4 heterocycles. The summed E-state index contributed by atoms with van der Waals surface area (Å²) in [6.07, 6.45) is 3.43. The summed E-state index contributed by atoms with van der Waals surface area (Å²) >= 11 is 0. The van der Waals surface area contributed by atoms with E-state index in [4.69, 9.17) is 9.47 Å². The Morgan fingerprint density at radius 1 is 1.32 bits per heavy atom. The zero-order chi connectivity index (χ0) is 23.7. The van der Waals surface area contributed by atoms with E-state index in [0.717, 1.165) is 22.4 Å². The molecule has 1 atom stereocenters. The molecule has 0 saturated carbocycles. The summed E-state index contributed by atoms with van der Waals surface area (Å²) in [5.74, 6) is 0.820. The molecular weight excluding hydrogens is 432 g/mol. The third-order valence-electron chi connectivity index (χ3n) is 6.12. The van der Waals surface area contributed by atoms with E-state index in [-0.39, 0.29) is 17.9 Å². The minimum absolute atomic E-state index is 0.00639. The highest BCUT2D eigenvalue weighted by Gasteiger charge is 2.34. The Morgan fingerprint density at radius 2 is 2.18 bits per heavy atom. The second kappa shape index (κ2) is 8.89. The highest BCUT2D eigenvalue weighted by Crippen LogP contribution is 2.37. The largest absolute Gasteiger partial charge is 0.475 e. The predicted molar refractivity (Wildman–Crippen MR) is 127 cm³/mol. The number of hydrogen-bond acceptors (Lipinski definition) is 9. The van der Waals surface area contributed by atoms with Crippen molar-refractivity contribution in [3.8, 4) is 23.2 Å². The van der Waals surface area contributed by atoms with Crippen molar-refractivity contribution < 1.29 is 14.6 Å². The van der Waals surface area contributed by atoms with E-state index in [9.17, 15) is 10.4 Å². The summed E-state index contributed by atoms with van der Waals surface area (Å²) in [5, 5.41) is 25.8. The molecular formula is C25H26N6O3. The number of hydrogen-bond donors (Lipinski definition) is 3. The van der Waals surface area contributed by atoms with Gasteiger partial charge >= 0.3 is 0 Å². The van der Waals surface area contributed by atoms with Gasteiger partial charge in [-0.25, -0.2) is 15.0 Å². The third kappa shape index (κ3) is 4.25. The van der Waals surface area contributed by atoms with Crippen molar-refractivity contribution in [2.24, 2.45) is 5.41 Å². The SMILES string of the molecule is Cc1cnc(OCC2(C)COC2)c(Nc2nccc(-c3cc(C#N)c4c(c3)C(CO)CN4)n2)c1. The first-order valence-corrected chi connectivity index (χ1v) is 11.2. The van der Waals surface area contributed by atoms with Gasteiger partial charge in [-0.1, -0.05) is 6.92 Å². The lowest BCUT2D eigenvalue weighted by molar-refractivity contribution is -0.120. The second-order valence-corrected chi connectivity index (χ2v) is 9.21. The van der Waals surface area contributed by atoms with Crippen LogP contribution in [0.5, 0.6) is 5.88 Å². The molecule has 0 radical (unpaired) electrons. The maximum Gasteiger partial charge on any atom is 0.237 e. The molecule has 9 heteroatoms. The standard InChI is InChI=1S/C25H26N6O3/c1-15-5-21(23(29-9-15)34-14-25(2)12-33-13-25)31-24-27-4-3-20(30-24)16-6-17(8-26)22-19(7-16)18(11-32)10-28-22/h3-7,9,18,28,32H,10-14H2,1-2H3,(H,27,30,31). The molecule has 1 saturated heterocycles. The lowest BCUT2D eigenvalue weighted by atomic mass is 9.90. The van der Waals surface area contributed by atoms with E-state index in [0.29, 0.717) is 55.1 Å². The van der Waals surface area contributed by atoms with Crippen LogP contribution in [0.1, 0.15) is 29.5 Å². The number of pyridine rings is 1. The number of rotatable bonds is 7. The molecule has 174 valence electrons. The van der Waals surface area contributed by atoms with Crippen molar-refractivity contribution in [3.63, 3.8) is 0 Å². The van der Waals surface area contributed by atoms with Crippen LogP contribution in [0, 0.1) is 23.7 Å². The number of anilines is 3. The Morgan fingerprint density at radius 3 is 2.91 bits per heavy atom. The van der Waals surface area contributed by atoms with Gasteiger partial charge in [0.25, 0.3) is 0 Å². The molecule has 0 bridgehead atoms. The number of benzene rings is 1. The van der Waals surface area contributed by atoms with Crippen LogP contribution in [0.3, 0.4) is 0 Å². The molecule has 5 rings (SSSR count). The van der Waals surface area contributed by atoms with Crippen molar-refractivity contribution in [2.45, 2.75) is 19.8 Å². The average molecular weight is 459 g/mol. The number of nitrogens with one attached hydrogen (secondary N) is 2. The van der Waals surface area contributed by atoms with Crippen LogP contribution in [0.15, 0.2) is 36.7 Å². The zero-order valence-electron chi connectivity index (χ0n) is 19.1. The van der Waals surface area contributed by atoms with Crippen molar-refractivity contribution in [1.82, 2.24) is 15.0 Å². The third-order valence-corrected chi connectivity index (χ3v) is 6.12. The van der Waals surface area contributed by atoms with E-state index in [1.54, 1.807) is 18.5 Å². The number of ether oxygens (including phenoxy) is 2. The van der Waals surface area contributed by atoms with E-state index in [1.807, 2.05) is 25.1 Å². The van der Waals surface area contributed by atoms with E-state index >= 15 is 0 Å². The molecule has 2 aromatic heterocycles. The van der Waals surface area contributed by atoms with Crippen molar-refractivity contribution >= 4 is 17.3 Å². The van der Waals surface area contributed by atoms with Crippen LogP contribution in [-0.4, -0.2) is 53.0 Å². The van der Waals surface area contributed by atoms with Gasteiger partial charge in [-0.15, -0.1) is 0 Å². The normalized spacial score (nSPS) is 17.8. The number of aliphatic hydroxyl groups excluding tert-OH is 1. The molecule has 2 aliphatic rings. The quantitative estimate of drug-likeness (QED) is 0.488. The summed E-state index contributed by atoms with van der Waals surface area (Å²) in [6.45, 7) is 6.54. The van der Waals surface area contributed by atoms with E-state index in [2.05, 4.69) is 38.6 Å². The highest BCUT2D eigenvalue weighted by atomic mass is 16.5. The molecule has 1 aromatic carbocycles. The van der Waals surface area contributed by atoms with Crippen LogP contribution in [0.2, 0.25) is 0 Å². The lowest BCUT2D eigenvalue weighted by Crippen LogP contribution is -2.44. The Hall–Kier alpha value is -3.74. The van der Waals surface area contributed by atoms with E-state index < -0.39 is 0 Å². The van der Waals surface area contributed by atoms with Crippen molar-refractivity contribution in [3.05, 3.63) is 53.3 Å². The molecule has 3 aromatic rings. The summed E-state index contributed by atoms with van der Waals surface area (Å²) < 4.78 is 11.3. The van der Waals surface area contributed by atoms with Gasteiger partial charge in [0.05, 0.1) is 43.4 Å². The summed E-state index contributed by atoms with van der Waals surface area (Å²) in [4.78, 5) is 13.5. The van der Waals surface area contributed by atoms with Crippen LogP contribution in [0.25, 0.3) is 11.3 Å². The molecule has 0 aliphatic carbocycles. The molecule has 0 amide bonds. The molecule has 0 spiro atoms. The molecule has 3 N–H and O–H groups in total. The molecule has 1 fully saturated rings. The predicted octanol–water partition coefficient (Wildman–Crippen LogP) is 3.38. The maximum atomic E-state index is 9.72. The van der Waals surface area contributed by atoms with Crippen LogP contribution in [-0.2, 0) is 4.74 Å². The van der Waals surface area contributed by atoms with Gasteiger partial charge < -0.3 is 25.2 Å². The van der Waals surface area contributed by atoms with Gasteiger partial charge in [-0.3, -0.25) is 0 Å². The van der Waals surface area contributed by atoms with Gasteiger partial charge in [-0.2, -0.15) is 5.26 Å². The topological polar surface area (TPSA) is 125 Å². The summed E-state index contributed by atoms with van der Waals surface area (Å²) in [5.41, 5.74) is 5.35. The monoisotopic (exact) mass is 458 g/mol. The van der Waals surface area contributed by atoms with Crippen LogP contribution < -0.4 is 15.4 Å². The fourth-order valence-electron chi connectivity index (χ4n) is 4.16. The van der Waals surface area contributed by atoms with Crippen LogP contribution in [0.4, 0.5) is 17.3 Å². The Balaban J connectivity index is 1.43. The minimum atomic E-state index is -0.0533. The summed E-state index contributed by atoms with van der Waals surface area (Å²) in [7, 11) is 0. The first kappa shape index (κ1) is 22.1. The Kier molecular flexibility index (Phi) is 5.77. The maximum absolute atomic E-state index is 9.72. The average Bonchev–Trinajstić information content (AvgIpc) is 3.25. The fraction of sp³-hybridized carbons (Fsp3) is 0.360. The van der Waals surface area contributed by atoms with Crippen molar-refractivity contribution in [1.29, 1.82) is 5.26 Å². The first-order valence-electron chi connectivity index (χ1n) is 11.2. The number of aryl methyl sites for hydroxylation is 1. The van der Waals surface area contributed by atoms with E-state index in [1.165, 1.54) is 0 Å². The zero-order valence-corrected chi connectivity index (χ0v) is 19.1. The Labute approximate surface area is 197 Å². The van der Waals surface area contributed by atoms with Crippen molar-refractivity contribution in [2.75, 3.05) is 43.6 Å². The summed E-state index contributed by atoms with van der Waals surface area (Å²) in [6, 6.07) is 9.78. The van der Waals surface area contributed by atoms with Gasteiger partial charge in [0.1, 0.15) is 11.8 Å². The minimum Gasteiger partial charge on any atom is -0.475 e. The number of nitrogens with zero attached hydrogens (tertiary/aromatic N) is 4. The number of aliphatic hydroxyl groups is 1. The van der Waals surface area contributed by atoms with Gasteiger partial charge in [0.15, 0.2) is 0 Å². The fourth-order valence-corrected chi connectivity index (χ4v) is 4.16. The smallest absolute Gasteiger partial charge is 0.237 e. The molecule has 1 unspecified atom stereocenters. The first-order chi connectivity index (χ1) is 16.5. The number of nitriles is 1. The van der Waals surface area contributed by atoms with Crippen LogP contribution >= 0.6 is 0 Å². The second-order valence-electron chi connectivity index (χ2n) is 9.21. The molecule has 2 aliphatic heterocycles. The highest BCUT2D eigenvalue weighted by molar-refractivity contribution is 5.75. The van der Waals surface area contributed by atoms with Gasteiger partial charge in [0.2, 0.25) is 11.8 Å². The van der Waals surface area contributed by atoms with Gasteiger partial charge in [-0.05, 0) is 42.3 Å². The Bertz CT molecular complexity index is 1270. The molecule has 9 nitrogen and oxygen atoms in total. The van der Waals surface area contributed by atoms with Gasteiger partial charge in [0, 0.05) is 35.8 Å².